The van der Waals surface area contributed by atoms with E-state index in [1.807, 2.05) is 46.8 Å². The average molecular weight is 397 g/mol. The monoisotopic (exact) mass is 396 g/mol. The third-order valence-electron chi connectivity index (χ3n) is 5.60. The molecule has 1 aliphatic rings. The Balaban J connectivity index is 1.38. The SMILES string of the molecule is Cc1nc(SCCCc2nnnn2-c2ccccc2)n(C2CCCCC2)c1C. The third kappa shape index (κ3) is 4.14. The number of para-hydroxylation sites is 1. The van der Waals surface area contributed by atoms with E-state index in [1.165, 1.54) is 48.6 Å². The highest BCUT2D eigenvalue weighted by molar-refractivity contribution is 7.99. The van der Waals surface area contributed by atoms with Crippen molar-refractivity contribution in [2.45, 2.75) is 70.0 Å². The molecule has 0 saturated heterocycles. The number of aromatic nitrogens is 6. The Labute approximate surface area is 170 Å². The molecule has 0 spiro atoms. The Hall–Kier alpha value is -2.15. The van der Waals surface area contributed by atoms with E-state index in [0.29, 0.717) is 6.04 Å². The molecule has 2 aromatic heterocycles. The van der Waals surface area contributed by atoms with E-state index in [-0.39, 0.29) is 0 Å². The zero-order valence-corrected chi connectivity index (χ0v) is 17.5. The van der Waals surface area contributed by atoms with Gasteiger partial charge in [0.25, 0.3) is 0 Å². The van der Waals surface area contributed by atoms with Gasteiger partial charge in [-0.15, -0.1) is 5.10 Å². The van der Waals surface area contributed by atoms with Crippen LogP contribution in [0.3, 0.4) is 0 Å². The number of hydrogen-bond acceptors (Lipinski definition) is 5. The quantitative estimate of drug-likeness (QED) is 0.428. The van der Waals surface area contributed by atoms with Gasteiger partial charge >= 0.3 is 0 Å². The van der Waals surface area contributed by atoms with E-state index in [4.69, 9.17) is 4.98 Å². The lowest BCUT2D eigenvalue weighted by molar-refractivity contribution is 0.332. The van der Waals surface area contributed by atoms with Crippen LogP contribution in [-0.2, 0) is 6.42 Å². The number of tetrazole rings is 1. The largest absolute Gasteiger partial charge is 0.320 e. The van der Waals surface area contributed by atoms with Crippen LogP contribution in [0.1, 0.15) is 61.8 Å². The zero-order chi connectivity index (χ0) is 19.3. The Kier molecular flexibility index (Phi) is 6.10. The van der Waals surface area contributed by atoms with E-state index in [2.05, 4.69) is 33.9 Å². The van der Waals surface area contributed by atoms with Crippen molar-refractivity contribution in [2.24, 2.45) is 0 Å². The summed E-state index contributed by atoms with van der Waals surface area (Å²) in [5, 5.41) is 13.4. The van der Waals surface area contributed by atoms with Crippen LogP contribution < -0.4 is 0 Å². The maximum Gasteiger partial charge on any atom is 0.168 e. The molecule has 1 saturated carbocycles. The van der Waals surface area contributed by atoms with Crippen LogP contribution in [0.5, 0.6) is 0 Å². The van der Waals surface area contributed by atoms with Crippen LogP contribution in [0.25, 0.3) is 5.69 Å². The molecule has 148 valence electrons. The van der Waals surface area contributed by atoms with Crippen LogP contribution in [0, 0.1) is 13.8 Å². The summed E-state index contributed by atoms with van der Waals surface area (Å²) >= 11 is 1.87. The maximum absolute atomic E-state index is 4.87. The number of imidazole rings is 1. The van der Waals surface area contributed by atoms with Gasteiger partial charge in [-0.3, -0.25) is 0 Å². The summed E-state index contributed by atoms with van der Waals surface area (Å²) in [5.74, 6) is 1.93. The van der Waals surface area contributed by atoms with E-state index < -0.39 is 0 Å². The number of rotatable bonds is 7. The molecule has 0 N–H and O–H groups in total. The second kappa shape index (κ2) is 8.90. The molecule has 0 unspecified atom stereocenters. The first-order valence-corrected chi connectivity index (χ1v) is 11.2. The van der Waals surface area contributed by atoms with Crippen molar-refractivity contribution >= 4 is 11.8 Å². The van der Waals surface area contributed by atoms with Crippen molar-refractivity contribution in [2.75, 3.05) is 5.75 Å². The molecule has 1 aromatic carbocycles. The molecule has 0 atom stereocenters. The summed E-state index contributed by atoms with van der Waals surface area (Å²) in [7, 11) is 0. The van der Waals surface area contributed by atoms with Crippen molar-refractivity contribution in [1.29, 1.82) is 0 Å². The lowest BCUT2D eigenvalue weighted by Crippen LogP contribution is -2.15. The Morgan fingerprint density at radius 2 is 1.86 bits per heavy atom. The molecule has 0 radical (unpaired) electrons. The summed E-state index contributed by atoms with van der Waals surface area (Å²) in [4.78, 5) is 4.87. The fourth-order valence-electron chi connectivity index (χ4n) is 3.99. The third-order valence-corrected chi connectivity index (χ3v) is 6.64. The molecular weight excluding hydrogens is 368 g/mol. The van der Waals surface area contributed by atoms with Crippen LogP contribution in [0.2, 0.25) is 0 Å². The molecule has 0 amide bonds. The molecule has 1 aliphatic carbocycles. The van der Waals surface area contributed by atoms with Gasteiger partial charge in [-0.25, -0.2) is 4.98 Å². The number of thioether (sulfide) groups is 1. The first-order valence-electron chi connectivity index (χ1n) is 10.2. The number of nitrogens with zero attached hydrogens (tertiary/aromatic N) is 6. The Morgan fingerprint density at radius 3 is 2.64 bits per heavy atom. The van der Waals surface area contributed by atoms with Gasteiger partial charge in [-0.1, -0.05) is 49.2 Å². The topological polar surface area (TPSA) is 61.4 Å². The predicted octanol–water partition coefficient (Wildman–Crippen LogP) is 4.71. The van der Waals surface area contributed by atoms with Crippen molar-refractivity contribution in [3.05, 3.63) is 47.5 Å². The predicted molar refractivity (Wildman–Crippen MR) is 112 cm³/mol. The van der Waals surface area contributed by atoms with Crippen LogP contribution in [0.15, 0.2) is 35.5 Å². The molecule has 2 heterocycles. The average Bonchev–Trinajstić information content (AvgIpc) is 3.31. The smallest absolute Gasteiger partial charge is 0.168 e. The molecule has 3 aromatic rings. The zero-order valence-electron chi connectivity index (χ0n) is 16.7. The van der Waals surface area contributed by atoms with Gasteiger partial charge in [0, 0.05) is 23.9 Å². The molecule has 6 nitrogen and oxygen atoms in total. The normalized spacial score (nSPS) is 15.2. The molecule has 7 heteroatoms. The first kappa shape index (κ1) is 19.2. The van der Waals surface area contributed by atoms with Gasteiger partial charge in [0.2, 0.25) is 0 Å². The second-order valence-electron chi connectivity index (χ2n) is 7.52. The lowest BCUT2D eigenvalue weighted by Gasteiger charge is -2.26. The maximum atomic E-state index is 4.87. The minimum atomic E-state index is 0.628. The summed E-state index contributed by atoms with van der Waals surface area (Å²) in [6, 6.07) is 10.7. The van der Waals surface area contributed by atoms with E-state index >= 15 is 0 Å². The lowest BCUT2D eigenvalue weighted by atomic mass is 9.95. The summed E-state index contributed by atoms with van der Waals surface area (Å²) in [6.45, 7) is 4.35. The van der Waals surface area contributed by atoms with Crippen molar-refractivity contribution < 1.29 is 0 Å². The summed E-state index contributed by atoms with van der Waals surface area (Å²) < 4.78 is 4.34. The second-order valence-corrected chi connectivity index (χ2v) is 8.58. The van der Waals surface area contributed by atoms with E-state index in [0.717, 1.165) is 30.1 Å². The van der Waals surface area contributed by atoms with Gasteiger partial charge in [0.1, 0.15) is 0 Å². The van der Waals surface area contributed by atoms with Crippen molar-refractivity contribution in [1.82, 2.24) is 29.8 Å². The fourth-order valence-corrected chi connectivity index (χ4v) is 5.09. The molecule has 0 bridgehead atoms. The fraction of sp³-hybridized carbons (Fsp3) is 0.524. The minimum absolute atomic E-state index is 0.628. The standard InChI is InChI=1S/C21H28N6S/c1-16-17(2)26(18-10-5-3-6-11-18)21(22-16)28-15-9-14-20-23-24-25-27(20)19-12-7-4-8-13-19/h4,7-8,12-13,18H,3,5-6,9-11,14-15H2,1-2H3. The highest BCUT2D eigenvalue weighted by atomic mass is 32.2. The van der Waals surface area contributed by atoms with Crippen molar-refractivity contribution in [3.8, 4) is 5.69 Å². The number of aryl methyl sites for hydroxylation is 2. The Bertz CT molecular complexity index is 895. The highest BCUT2D eigenvalue weighted by Crippen LogP contribution is 2.34. The molecule has 28 heavy (non-hydrogen) atoms. The van der Waals surface area contributed by atoms with Gasteiger partial charge < -0.3 is 4.57 Å². The van der Waals surface area contributed by atoms with Crippen LogP contribution in [0.4, 0.5) is 0 Å². The van der Waals surface area contributed by atoms with Gasteiger partial charge in [0.05, 0.1) is 11.4 Å². The number of hydrogen-bond donors (Lipinski definition) is 0. The number of benzene rings is 1. The van der Waals surface area contributed by atoms with Gasteiger partial charge in [-0.05, 0) is 55.7 Å². The summed E-state index contributed by atoms with van der Waals surface area (Å²) in [5.41, 5.74) is 3.51. The molecular formula is C21H28N6S. The van der Waals surface area contributed by atoms with Gasteiger partial charge in [-0.2, -0.15) is 4.68 Å². The molecule has 1 fully saturated rings. The Morgan fingerprint density at radius 1 is 1.07 bits per heavy atom. The van der Waals surface area contributed by atoms with E-state index in [1.54, 1.807) is 0 Å². The van der Waals surface area contributed by atoms with Crippen LogP contribution >= 0.6 is 11.8 Å². The molecule has 4 rings (SSSR count). The van der Waals surface area contributed by atoms with Crippen LogP contribution in [-0.4, -0.2) is 35.5 Å². The van der Waals surface area contributed by atoms with E-state index in [9.17, 15) is 0 Å². The molecule has 0 aliphatic heterocycles. The first-order chi connectivity index (χ1) is 13.7. The summed E-state index contributed by atoms with van der Waals surface area (Å²) in [6.07, 6.45) is 8.51. The highest BCUT2D eigenvalue weighted by Gasteiger charge is 2.22. The van der Waals surface area contributed by atoms with Crippen molar-refractivity contribution in [3.63, 3.8) is 0 Å². The minimum Gasteiger partial charge on any atom is -0.320 e. The van der Waals surface area contributed by atoms with Gasteiger partial charge in [0.15, 0.2) is 11.0 Å².